The molecule has 1 aliphatic carbocycles. The van der Waals surface area contributed by atoms with Gasteiger partial charge < -0.3 is 16.4 Å². The highest BCUT2D eigenvalue weighted by atomic mass is 35.5. The van der Waals surface area contributed by atoms with E-state index in [-0.39, 0.29) is 12.1 Å². The third-order valence-corrected chi connectivity index (χ3v) is 4.10. The fraction of sp³-hybridized carbons (Fsp3) is 0.500. The third-order valence-electron chi connectivity index (χ3n) is 3.66. The normalized spacial score (nSPS) is 16.9. The standard InChI is InChI=1S/C14H19Cl2N3O/c15-10-5-11(16)7-12(6-10)18-14(20)19-13(8-17)9-3-1-2-4-9/h5-7,9,13H,1-4,8,17H2,(H2,18,19,20). The van der Waals surface area contributed by atoms with Crippen molar-refractivity contribution in [3.05, 3.63) is 28.2 Å². The lowest BCUT2D eigenvalue weighted by Crippen LogP contribution is -2.46. The van der Waals surface area contributed by atoms with Crippen molar-refractivity contribution in [3.8, 4) is 0 Å². The van der Waals surface area contributed by atoms with Gasteiger partial charge in [0.2, 0.25) is 0 Å². The second-order valence-corrected chi connectivity index (χ2v) is 6.02. The SMILES string of the molecule is NCC(NC(=O)Nc1cc(Cl)cc(Cl)c1)C1CCCC1. The molecule has 0 spiro atoms. The van der Waals surface area contributed by atoms with Crippen LogP contribution >= 0.6 is 23.2 Å². The number of carbonyl (C=O) groups excluding carboxylic acids is 1. The lowest BCUT2D eigenvalue weighted by molar-refractivity contribution is 0.243. The van der Waals surface area contributed by atoms with Gasteiger partial charge in [0.1, 0.15) is 0 Å². The van der Waals surface area contributed by atoms with Gasteiger partial charge in [-0.15, -0.1) is 0 Å². The second kappa shape index (κ2) is 7.16. The molecule has 1 saturated carbocycles. The van der Waals surface area contributed by atoms with Crippen molar-refractivity contribution >= 4 is 34.9 Å². The maximum Gasteiger partial charge on any atom is 0.319 e. The van der Waals surface area contributed by atoms with Gasteiger partial charge in [-0.3, -0.25) is 0 Å². The van der Waals surface area contributed by atoms with Crippen LogP contribution in [0.25, 0.3) is 0 Å². The molecule has 1 fully saturated rings. The molecule has 0 aromatic heterocycles. The molecular weight excluding hydrogens is 297 g/mol. The predicted octanol–water partition coefficient (Wildman–Crippen LogP) is 3.63. The highest BCUT2D eigenvalue weighted by Crippen LogP contribution is 2.27. The molecule has 1 aromatic rings. The minimum atomic E-state index is -0.273. The molecule has 1 unspecified atom stereocenters. The summed E-state index contributed by atoms with van der Waals surface area (Å²) in [5.74, 6) is 0.480. The van der Waals surface area contributed by atoms with E-state index in [0.717, 1.165) is 12.8 Å². The summed E-state index contributed by atoms with van der Waals surface area (Å²) in [6.45, 7) is 0.453. The smallest absolute Gasteiger partial charge is 0.319 e. The van der Waals surface area contributed by atoms with E-state index in [9.17, 15) is 4.79 Å². The Balaban J connectivity index is 1.93. The lowest BCUT2D eigenvalue weighted by atomic mass is 9.98. The van der Waals surface area contributed by atoms with Gasteiger partial charge in [0.05, 0.1) is 0 Å². The number of carbonyl (C=O) groups is 1. The number of halogens is 2. The Bertz CT molecular complexity index is 455. The molecule has 1 atom stereocenters. The molecule has 0 bridgehead atoms. The van der Waals surface area contributed by atoms with Crippen molar-refractivity contribution < 1.29 is 4.79 Å². The molecule has 4 nitrogen and oxygen atoms in total. The zero-order valence-corrected chi connectivity index (χ0v) is 12.7. The van der Waals surface area contributed by atoms with Crippen LogP contribution in [-0.2, 0) is 0 Å². The number of hydrogen-bond donors (Lipinski definition) is 3. The number of hydrogen-bond acceptors (Lipinski definition) is 2. The molecule has 0 heterocycles. The molecule has 4 N–H and O–H groups in total. The van der Waals surface area contributed by atoms with Crippen LogP contribution in [-0.4, -0.2) is 18.6 Å². The van der Waals surface area contributed by atoms with Crippen molar-refractivity contribution in [2.45, 2.75) is 31.7 Å². The van der Waals surface area contributed by atoms with Crippen molar-refractivity contribution in [1.82, 2.24) is 5.32 Å². The van der Waals surface area contributed by atoms with Gasteiger partial charge in [-0.1, -0.05) is 36.0 Å². The minimum Gasteiger partial charge on any atom is -0.334 e. The van der Waals surface area contributed by atoms with Crippen molar-refractivity contribution in [2.75, 3.05) is 11.9 Å². The first kappa shape index (κ1) is 15.4. The Morgan fingerprint density at radius 1 is 1.25 bits per heavy atom. The summed E-state index contributed by atoms with van der Waals surface area (Å²) in [7, 11) is 0. The highest BCUT2D eigenvalue weighted by Gasteiger charge is 2.25. The van der Waals surface area contributed by atoms with Gasteiger partial charge in [-0.2, -0.15) is 0 Å². The average molecular weight is 316 g/mol. The van der Waals surface area contributed by atoms with Crippen LogP contribution in [0.15, 0.2) is 18.2 Å². The maximum atomic E-state index is 12.0. The number of rotatable bonds is 4. The number of nitrogens with one attached hydrogen (secondary N) is 2. The summed E-state index contributed by atoms with van der Waals surface area (Å²) in [6.07, 6.45) is 4.69. The summed E-state index contributed by atoms with van der Waals surface area (Å²) in [5, 5.41) is 6.64. The monoisotopic (exact) mass is 315 g/mol. The van der Waals surface area contributed by atoms with Gasteiger partial charge >= 0.3 is 6.03 Å². The van der Waals surface area contributed by atoms with Crippen molar-refractivity contribution in [3.63, 3.8) is 0 Å². The zero-order chi connectivity index (χ0) is 14.5. The van der Waals surface area contributed by atoms with Crippen LogP contribution in [0.5, 0.6) is 0 Å². The fourth-order valence-corrected chi connectivity index (χ4v) is 3.22. The number of amides is 2. The Hall–Kier alpha value is -0.970. The molecular formula is C14H19Cl2N3O. The number of anilines is 1. The third kappa shape index (κ3) is 4.27. The van der Waals surface area contributed by atoms with Gasteiger partial charge in [0, 0.05) is 28.3 Å². The van der Waals surface area contributed by atoms with E-state index in [1.165, 1.54) is 12.8 Å². The molecule has 1 aliphatic rings. The topological polar surface area (TPSA) is 67.1 Å². The largest absolute Gasteiger partial charge is 0.334 e. The molecule has 0 aliphatic heterocycles. The van der Waals surface area contributed by atoms with Crippen molar-refractivity contribution in [2.24, 2.45) is 11.7 Å². The zero-order valence-electron chi connectivity index (χ0n) is 11.2. The first-order valence-corrected chi connectivity index (χ1v) is 7.58. The maximum absolute atomic E-state index is 12.0. The van der Waals surface area contributed by atoms with E-state index in [0.29, 0.717) is 28.2 Å². The van der Waals surface area contributed by atoms with Crippen LogP contribution < -0.4 is 16.4 Å². The molecule has 2 amide bonds. The van der Waals surface area contributed by atoms with E-state index in [1.54, 1.807) is 18.2 Å². The Kier molecular flexibility index (Phi) is 5.52. The van der Waals surface area contributed by atoms with Crippen LogP contribution in [0.2, 0.25) is 10.0 Å². The van der Waals surface area contributed by atoms with Crippen LogP contribution in [0.4, 0.5) is 10.5 Å². The van der Waals surface area contributed by atoms with E-state index in [4.69, 9.17) is 28.9 Å². The number of nitrogens with two attached hydrogens (primary N) is 1. The number of benzene rings is 1. The van der Waals surface area contributed by atoms with Gasteiger partial charge in [0.15, 0.2) is 0 Å². The van der Waals surface area contributed by atoms with Crippen molar-refractivity contribution in [1.29, 1.82) is 0 Å². The van der Waals surface area contributed by atoms with Crippen LogP contribution in [0.1, 0.15) is 25.7 Å². The summed E-state index contributed by atoms with van der Waals surface area (Å²) < 4.78 is 0. The van der Waals surface area contributed by atoms with Gasteiger partial charge in [0.25, 0.3) is 0 Å². The second-order valence-electron chi connectivity index (χ2n) is 5.14. The van der Waals surface area contributed by atoms with Gasteiger partial charge in [-0.05, 0) is 37.0 Å². The molecule has 2 rings (SSSR count). The quantitative estimate of drug-likeness (QED) is 0.794. The number of urea groups is 1. The molecule has 110 valence electrons. The first-order valence-electron chi connectivity index (χ1n) is 6.82. The molecule has 6 heteroatoms. The Morgan fingerprint density at radius 3 is 2.40 bits per heavy atom. The summed E-state index contributed by atoms with van der Waals surface area (Å²) >= 11 is 11.8. The highest BCUT2D eigenvalue weighted by molar-refractivity contribution is 6.35. The lowest BCUT2D eigenvalue weighted by Gasteiger charge is -2.23. The molecule has 0 radical (unpaired) electrons. The summed E-state index contributed by atoms with van der Waals surface area (Å²) in [6, 6.07) is 4.67. The van der Waals surface area contributed by atoms with Crippen LogP contribution in [0.3, 0.4) is 0 Å². The first-order chi connectivity index (χ1) is 9.58. The van der Waals surface area contributed by atoms with Gasteiger partial charge in [-0.25, -0.2) is 4.79 Å². The average Bonchev–Trinajstić information content (AvgIpc) is 2.88. The molecule has 20 heavy (non-hydrogen) atoms. The van der Waals surface area contributed by atoms with E-state index in [2.05, 4.69) is 10.6 Å². The Morgan fingerprint density at radius 2 is 1.85 bits per heavy atom. The molecule has 1 aromatic carbocycles. The van der Waals surface area contributed by atoms with E-state index >= 15 is 0 Å². The molecule has 0 saturated heterocycles. The van der Waals surface area contributed by atoms with E-state index < -0.39 is 0 Å². The summed E-state index contributed by atoms with van der Waals surface area (Å²) in [4.78, 5) is 12.0. The fourth-order valence-electron chi connectivity index (χ4n) is 2.69. The van der Waals surface area contributed by atoms with Crippen LogP contribution in [0, 0.1) is 5.92 Å². The Labute approximate surface area is 129 Å². The predicted molar refractivity (Wildman–Crippen MR) is 83.4 cm³/mol. The minimum absolute atomic E-state index is 0.0205. The summed E-state index contributed by atoms with van der Waals surface area (Å²) in [5.41, 5.74) is 6.33. The van der Waals surface area contributed by atoms with E-state index in [1.807, 2.05) is 0 Å².